The Kier molecular flexibility index (Phi) is 5.18. The third kappa shape index (κ3) is 3.34. The topological polar surface area (TPSA) is 35.9 Å². The lowest BCUT2D eigenvalue weighted by Crippen LogP contribution is -2.53. The van der Waals surface area contributed by atoms with Crippen LogP contribution in [0.15, 0.2) is 29.3 Å². The van der Waals surface area contributed by atoms with Gasteiger partial charge in [-0.05, 0) is 119 Å². The van der Waals surface area contributed by atoms with Crippen molar-refractivity contribution in [2.75, 3.05) is 18.0 Å². The molecule has 34 heavy (non-hydrogen) atoms. The first kappa shape index (κ1) is 21.9. The molecule has 1 aromatic rings. The van der Waals surface area contributed by atoms with Crippen LogP contribution >= 0.6 is 11.6 Å². The van der Waals surface area contributed by atoms with Crippen molar-refractivity contribution in [3.05, 3.63) is 29.3 Å². The molecule has 5 heteroatoms. The minimum atomic E-state index is -0.302. The van der Waals surface area contributed by atoms with Crippen LogP contribution in [-0.2, 0) is 4.79 Å². The first-order chi connectivity index (χ1) is 16.6. The molecule has 7 aliphatic rings. The van der Waals surface area contributed by atoms with Gasteiger partial charge in [-0.2, -0.15) is 0 Å². The summed E-state index contributed by atoms with van der Waals surface area (Å²) in [5.41, 5.74) is 0.723. The van der Waals surface area contributed by atoms with Gasteiger partial charge in [0.05, 0.1) is 22.7 Å². The minimum Gasteiger partial charge on any atom is -0.293 e. The van der Waals surface area contributed by atoms with Crippen LogP contribution in [0, 0.1) is 23.2 Å². The number of rotatable bonds is 3. The molecule has 4 bridgehead atoms. The van der Waals surface area contributed by atoms with Crippen LogP contribution in [0.4, 0.5) is 5.69 Å². The molecule has 0 N–H and O–H groups in total. The zero-order valence-corrected chi connectivity index (χ0v) is 21.1. The first-order valence-electron chi connectivity index (χ1n) is 14.0. The zero-order chi connectivity index (χ0) is 22.9. The summed E-state index contributed by atoms with van der Waals surface area (Å²) in [7, 11) is 0. The number of likely N-dealkylation sites (tertiary alicyclic amines) is 1. The molecule has 0 aromatic heterocycles. The highest BCUT2D eigenvalue weighted by Crippen LogP contribution is 2.58. The molecule has 1 amide bonds. The van der Waals surface area contributed by atoms with E-state index in [1.807, 2.05) is 24.3 Å². The quantitative estimate of drug-likeness (QED) is 0.498. The summed E-state index contributed by atoms with van der Waals surface area (Å²) < 4.78 is 0. The number of aliphatic imine (C=N–C) groups is 1. The van der Waals surface area contributed by atoms with E-state index in [0.29, 0.717) is 5.91 Å². The molecule has 7 fully saturated rings. The lowest BCUT2D eigenvalue weighted by molar-refractivity contribution is -0.129. The smallest absolute Gasteiger partial charge is 0.240 e. The summed E-state index contributed by atoms with van der Waals surface area (Å²) in [6, 6.07) is 8.09. The number of anilines is 1. The number of nitrogens with zero attached hydrogens (tertiary/aromatic N) is 3. The third-order valence-electron chi connectivity index (χ3n) is 10.3. The number of amidine groups is 1. The average molecular weight is 480 g/mol. The van der Waals surface area contributed by atoms with Gasteiger partial charge >= 0.3 is 0 Å². The Morgan fingerprint density at radius 3 is 2.00 bits per heavy atom. The Balaban J connectivity index is 1.38. The van der Waals surface area contributed by atoms with Gasteiger partial charge in [-0.15, -0.1) is 0 Å². The van der Waals surface area contributed by atoms with E-state index in [4.69, 9.17) is 16.6 Å². The van der Waals surface area contributed by atoms with Gasteiger partial charge < -0.3 is 0 Å². The Labute approximate surface area is 209 Å². The molecule has 1 spiro atoms. The minimum absolute atomic E-state index is 0.0627. The molecule has 5 saturated carbocycles. The van der Waals surface area contributed by atoms with Crippen molar-refractivity contribution in [1.82, 2.24) is 4.90 Å². The molecule has 2 heterocycles. The highest BCUT2D eigenvalue weighted by molar-refractivity contribution is 6.31. The van der Waals surface area contributed by atoms with Crippen LogP contribution < -0.4 is 4.90 Å². The van der Waals surface area contributed by atoms with Crippen LogP contribution in [0.1, 0.15) is 83.5 Å². The molecule has 2 saturated heterocycles. The largest absolute Gasteiger partial charge is 0.293 e. The fraction of sp³-hybridized carbons (Fsp3) is 0.724. The molecular weight excluding hydrogens is 442 g/mol. The van der Waals surface area contributed by atoms with Crippen molar-refractivity contribution >= 4 is 29.0 Å². The summed E-state index contributed by atoms with van der Waals surface area (Å²) >= 11 is 6.27. The van der Waals surface area contributed by atoms with Gasteiger partial charge in [0.25, 0.3) is 0 Å². The molecule has 4 nitrogen and oxygen atoms in total. The molecule has 182 valence electrons. The number of amides is 1. The van der Waals surface area contributed by atoms with Crippen LogP contribution in [-0.4, -0.2) is 41.3 Å². The monoisotopic (exact) mass is 479 g/mol. The van der Waals surface area contributed by atoms with E-state index in [0.717, 1.165) is 73.1 Å². The lowest BCUT2D eigenvalue weighted by Gasteiger charge is -2.55. The Morgan fingerprint density at radius 2 is 1.41 bits per heavy atom. The van der Waals surface area contributed by atoms with Gasteiger partial charge in [0.1, 0.15) is 5.84 Å². The Hall–Kier alpha value is -1.39. The summed E-state index contributed by atoms with van der Waals surface area (Å²) in [4.78, 5) is 25.1. The number of halogens is 1. The molecule has 8 rings (SSSR count). The Morgan fingerprint density at radius 1 is 0.824 bits per heavy atom. The van der Waals surface area contributed by atoms with Crippen LogP contribution in [0.5, 0.6) is 0 Å². The van der Waals surface area contributed by atoms with Crippen LogP contribution in [0.3, 0.4) is 0 Å². The molecule has 1 unspecified atom stereocenters. The number of hydrogen-bond donors (Lipinski definition) is 0. The maximum atomic E-state index is 14.5. The highest BCUT2D eigenvalue weighted by Gasteiger charge is 2.61. The van der Waals surface area contributed by atoms with E-state index in [9.17, 15) is 4.79 Å². The predicted molar refractivity (Wildman–Crippen MR) is 137 cm³/mol. The fourth-order valence-corrected chi connectivity index (χ4v) is 9.52. The summed E-state index contributed by atoms with van der Waals surface area (Å²) in [5, 5.41) is 0.721. The predicted octanol–water partition coefficient (Wildman–Crippen LogP) is 6.47. The van der Waals surface area contributed by atoms with Gasteiger partial charge in [0.15, 0.2) is 0 Å². The van der Waals surface area contributed by atoms with E-state index in [-0.39, 0.29) is 17.0 Å². The van der Waals surface area contributed by atoms with Crippen LogP contribution in [0.2, 0.25) is 5.02 Å². The molecule has 0 radical (unpaired) electrons. The normalized spacial score (nSPS) is 40.2. The first-order valence-corrected chi connectivity index (χ1v) is 14.4. The van der Waals surface area contributed by atoms with Crippen molar-refractivity contribution in [2.45, 2.75) is 95.1 Å². The van der Waals surface area contributed by atoms with E-state index in [2.05, 4.69) is 9.80 Å². The standard InChI is InChI=1S/C29H38ClN3O/c30-23-6-8-24(9-7-23)33-26(31-28-17-20-14-21(18-28)16-22(15-20)19-28)25(32-12-4-5-13-32)29(27(33)34)10-2-1-3-11-29/h6-9,20-22,25H,1-5,10-19H2. The molecule has 1 atom stereocenters. The lowest BCUT2D eigenvalue weighted by atomic mass is 9.53. The van der Waals surface area contributed by atoms with Gasteiger partial charge in [0.2, 0.25) is 5.91 Å². The van der Waals surface area contributed by atoms with E-state index in [1.165, 1.54) is 57.8 Å². The maximum absolute atomic E-state index is 14.5. The molecule has 5 aliphatic carbocycles. The van der Waals surface area contributed by atoms with Gasteiger partial charge in [-0.25, -0.2) is 0 Å². The molecule has 1 aromatic carbocycles. The highest BCUT2D eigenvalue weighted by atomic mass is 35.5. The SMILES string of the molecule is O=C1N(c2ccc(Cl)cc2)C(=NC23CC4CC(CC(C4)C2)C3)C(N2CCCC2)C12CCCCC2. The summed E-state index contributed by atoms with van der Waals surface area (Å²) in [6.45, 7) is 2.21. The summed E-state index contributed by atoms with van der Waals surface area (Å²) in [6.07, 6.45) is 16.1. The number of carbonyl (C=O) groups is 1. The molecule has 2 aliphatic heterocycles. The second-order valence-corrected chi connectivity index (χ2v) is 13.0. The second-order valence-electron chi connectivity index (χ2n) is 12.6. The fourth-order valence-electron chi connectivity index (χ4n) is 9.39. The van der Waals surface area contributed by atoms with Gasteiger partial charge in [0, 0.05) is 5.02 Å². The van der Waals surface area contributed by atoms with Crippen molar-refractivity contribution in [3.8, 4) is 0 Å². The van der Waals surface area contributed by atoms with Crippen LogP contribution in [0.25, 0.3) is 0 Å². The third-order valence-corrected chi connectivity index (χ3v) is 10.6. The van der Waals surface area contributed by atoms with Crippen molar-refractivity contribution < 1.29 is 4.79 Å². The van der Waals surface area contributed by atoms with Crippen molar-refractivity contribution in [2.24, 2.45) is 28.2 Å². The van der Waals surface area contributed by atoms with Crippen molar-refractivity contribution in [3.63, 3.8) is 0 Å². The van der Waals surface area contributed by atoms with Gasteiger partial charge in [-0.3, -0.25) is 19.6 Å². The molecular formula is C29H38ClN3O. The Bertz CT molecular complexity index is 954. The van der Waals surface area contributed by atoms with E-state index < -0.39 is 0 Å². The van der Waals surface area contributed by atoms with Crippen molar-refractivity contribution in [1.29, 1.82) is 0 Å². The average Bonchev–Trinajstić information content (AvgIpc) is 3.40. The van der Waals surface area contributed by atoms with E-state index in [1.54, 1.807) is 0 Å². The number of benzene rings is 1. The zero-order valence-electron chi connectivity index (χ0n) is 20.4. The number of hydrogen-bond acceptors (Lipinski definition) is 3. The van der Waals surface area contributed by atoms with Gasteiger partial charge in [-0.1, -0.05) is 30.9 Å². The maximum Gasteiger partial charge on any atom is 0.240 e. The summed E-state index contributed by atoms with van der Waals surface area (Å²) in [5.74, 6) is 3.97. The second kappa shape index (κ2) is 8.06. The van der Waals surface area contributed by atoms with E-state index >= 15 is 0 Å². The number of carbonyl (C=O) groups excluding carboxylic acids is 1.